The Bertz CT molecular complexity index is 665. The van der Waals surface area contributed by atoms with Crippen molar-refractivity contribution in [3.63, 3.8) is 0 Å². The van der Waals surface area contributed by atoms with Gasteiger partial charge in [-0.3, -0.25) is 0 Å². The predicted octanol–water partition coefficient (Wildman–Crippen LogP) is 5.55. The Hall–Kier alpha value is -1.16. The highest BCUT2D eigenvalue weighted by Gasteiger charge is 2.15. The van der Waals surface area contributed by atoms with Crippen LogP contribution in [-0.4, -0.2) is 6.54 Å². The third-order valence-corrected chi connectivity index (χ3v) is 5.91. The van der Waals surface area contributed by atoms with Gasteiger partial charge in [0.05, 0.1) is 0 Å². The Morgan fingerprint density at radius 1 is 1.10 bits per heavy atom. The molecule has 1 unspecified atom stereocenters. The van der Waals surface area contributed by atoms with Gasteiger partial charge in [-0.05, 0) is 49.4 Å². The van der Waals surface area contributed by atoms with E-state index < -0.39 is 0 Å². The van der Waals surface area contributed by atoms with E-state index >= 15 is 0 Å². The van der Waals surface area contributed by atoms with Crippen molar-refractivity contribution in [1.82, 2.24) is 5.32 Å². The molecule has 0 saturated carbocycles. The molecule has 110 valence electrons. The average Bonchev–Trinajstić information content (AvgIpc) is 3.06. The molecule has 2 heterocycles. The van der Waals surface area contributed by atoms with Crippen molar-refractivity contribution in [3.05, 3.63) is 57.8 Å². The lowest BCUT2D eigenvalue weighted by atomic mass is 10.0. The molecule has 0 aliphatic carbocycles. The molecule has 0 radical (unpaired) electrons. The number of thiophene rings is 2. The lowest BCUT2D eigenvalue weighted by Crippen LogP contribution is -2.23. The third kappa shape index (κ3) is 3.54. The molecule has 1 N–H and O–H groups in total. The van der Waals surface area contributed by atoms with Crippen LogP contribution in [0.5, 0.6) is 0 Å². The van der Waals surface area contributed by atoms with Crippen molar-refractivity contribution in [2.45, 2.75) is 32.7 Å². The molecular weight excluding hydrogens is 294 g/mol. The quantitative estimate of drug-likeness (QED) is 0.628. The van der Waals surface area contributed by atoms with Gasteiger partial charge in [0.1, 0.15) is 0 Å². The number of rotatable bonds is 6. The van der Waals surface area contributed by atoms with Gasteiger partial charge in [-0.1, -0.05) is 36.8 Å². The summed E-state index contributed by atoms with van der Waals surface area (Å²) < 4.78 is 2.84. The fourth-order valence-electron chi connectivity index (χ4n) is 2.51. The molecule has 0 spiro atoms. The molecule has 3 aromatic rings. The first-order chi connectivity index (χ1) is 10.3. The fourth-order valence-corrected chi connectivity index (χ4v) is 4.70. The topological polar surface area (TPSA) is 12.0 Å². The van der Waals surface area contributed by atoms with Crippen molar-refractivity contribution in [2.75, 3.05) is 6.54 Å². The Kier molecular flexibility index (Phi) is 4.73. The second-order valence-corrected chi connectivity index (χ2v) is 7.56. The lowest BCUT2D eigenvalue weighted by molar-refractivity contribution is 0.537. The van der Waals surface area contributed by atoms with Crippen LogP contribution in [0.25, 0.3) is 9.40 Å². The van der Waals surface area contributed by atoms with Crippen molar-refractivity contribution in [1.29, 1.82) is 0 Å². The smallest absolute Gasteiger partial charge is 0.0456 e. The number of aryl methyl sites for hydroxylation is 1. The molecule has 1 aromatic carbocycles. The van der Waals surface area contributed by atoms with E-state index in [1.807, 2.05) is 22.7 Å². The monoisotopic (exact) mass is 315 g/mol. The number of fused-ring (bicyclic) bond motifs is 1. The van der Waals surface area contributed by atoms with E-state index in [-0.39, 0.29) is 0 Å². The number of benzene rings is 1. The summed E-state index contributed by atoms with van der Waals surface area (Å²) in [5.41, 5.74) is 2.74. The van der Waals surface area contributed by atoms with Crippen LogP contribution < -0.4 is 5.32 Å². The molecule has 1 atom stereocenters. The number of nitrogens with one attached hydrogen (secondary N) is 1. The molecule has 1 nitrogen and oxygen atoms in total. The van der Waals surface area contributed by atoms with Crippen LogP contribution in [0.4, 0.5) is 0 Å². The zero-order chi connectivity index (χ0) is 14.7. The molecule has 0 fully saturated rings. The molecule has 2 aromatic heterocycles. The average molecular weight is 316 g/mol. The maximum atomic E-state index is 3.71. The highest BCUT2D eigenvalue weighted by atomic mass is 32.1. The molecule has 0 saturated heterocycles. The Morgan fingerprint density at radius 2 is 1.90 bits per heavy atom. The van der Waals surface area contributed by atoms with Crippen molar-refractivity contribution in [2.24, 2.45) is 0 Å². The van der Waals surface area contributed by atoms with Crippen LogP contribution in [0, 0.1) is 6.92 Å². The summed E-state index contributed by atoms with van der Waals surface area (Å²) in [5.74, 6) is 0. The Morgan fingerprint density at radius 3 is 2.62 bits per heavy atom. The van der Waals surface area contributed by atoms with Gasteiger partial charge in [0.15, 0.2) is 0 Å². The van der Waals surface area contributed by atoms with Gasteiger partial charge in [-0.15, -0.1) is 22.7 Å². The van der Waals surface area contributed by atoms with E-state index in [0.717, 1.165) is 13.0 Å². The zero-order valence-electron chi connectivity index (χ0n) is 12.6. The fraction of sp³-hybridized carbons (Fsp3) is 0.333. The van der Waals surface area contributed by atoms with Crippen molar-refractivity contribution < 1.29 is 0 Å². The van der Waals surface area contributed by atoms with Crippen LogP contribution in [0.1, 0.15) is 35.4 Å². The van der Waals surface area contributed by atoms with E-state index in [0.29, 0.717) is 6.04 Å². The summed E-state index contributed by atoms with van der Waals surface area (Å²) in [6.45, 7) is 5.44. The Balaban J connectivity index is 1.82. The highest BCUT2D eigenvalue weighted by Crippen LogP contribution is 2.34. The zero-order valence-corrected chi connectivity index (χ0v) is 14.2. The number of hydrogen-bond donors (Lipinski definition) is 1. The van der Waals surface area contributed by atoms with Gasteiger partial charge in [0.25, 0.3) is 0 Å². The molecule has 3 rings (SSSR count). The van der Waals surface area contributed by atoms with E-state index in [1.54, 1.807) is 0 Å². The SMILES string of the molecule is CCCNC(Cc1ccc(C)cc1)c1cc2sccc2s1. The standard InChI is InChI=1S/C18H21NS2/c1-3-9-19-15(11-14-6-4-13(2)5-7-14)17-12-18-16(21-17)8-10-20-18/h4-8,10,12,15,19H,3,9,11H2,1-2H3. The van der Waals surface area contributed by atoms with Gasteiger partial charge in [-0.25, -0.2) is 0 Å². The predicted molar refractivity (Wildman–Crippen MR) is 95.6 cm³/mol. The molecule has 21 heavy (non-hydrogen) atoms. The van der Waals surface area contributed by atoms with E-state index in [4.69, 9.17) is 0 Å². The Labute approximate surface area is 134 Å². The first-order valence-corrected chi connectivity index (χ1v) is 9.21. The van der Waals surface area contributed by atoms with Crippen LogP contribution in [-0.2, 0) is 6.42 Å². The van der Waals surface area contributed by atoms with Crippen LogP contribution >= 0.6 is 22.7 Å². The lowest BCUT2D eigenvalue weighted by Gasteiger charge is -2.17. The largest absolute Gasteiger partial charge is 0.309 e. The summed E-state index contributed by atoms with van der Waals surface area (Å²) >= 11 is 3.77. The maximum absolute atomic E-state index is 3.71. The van der Waals surface area contributed by atoms with Gasteiger partial charge in [0.2, 0.25) is 0 Å². The van der Waals surface area contributed by atoms with Gasteiger partial charge < -0.3 is 5.32 Å². The summed E-state index contributed by atoms with van der Waals surface area (Å²) in [5, 5.41) is 5.89. The van der Waals surface area contributed by atoms with E-state index in [9.17, 15) is 0 Å². The van der Waals surface area contributed by atoms with Crippen LogP contribution in [0.15, 0.2) is 41.8 Å². The molecule has 0 aliphatic heterocycles. The summed E-state index contributed by atoms with van der Waals surface area (Å²) in [7, 11) is 0. The second kappa shape index (κ2) is 6.73. The summed E-state index contributed by atoms with van der Waals surface area (Å²) in [6, 6.07) is 14.0. The molecule has 0 aliphatic rings. The van der Waals surface area contributed by atoms with Gasteiger partial charge in [0, 0.05) is 20.3 Å². The molecule has 0 amide bonds. The van der Waals surface area contributed by atoms with Crippen LogP contribution in [0.2, 0.25) is 0 Å². The normalized spacial score (nSPS) is 12.9. The van der Waals surface area contributed by atoms with E-state index in [1.165, 1.54) is 31.8 Å². The van der Waals surface area contributed by atoms with Crippen molar-refractivity contribution in [3.8, 4) is 0 Å². The minimum absolute atomic E-state index is 0.428. The van der Waals surface area contributed by atoms with E-state index in [2.05, 4.69) is 60.9 Å². The number of hydrogen-bond acceptors (Lipinski definition) is 3. The minimum Gasteiger partial charge on any atom is -0.309 e. The van der Waals surface area contributed by atoms with Crippen LogP contribution in [0.3, 0.4) is 0 Å². The summed E-state index contributed by atoms with van der Waals surface area (Å²) in [6.07, 6.45) is 2.23. The molecule has 0 bridgehead atoms. The second-order valence-electron chi connectivity index (χ2n) is 5.49. The van der Waals surface area contributed by atoms with Gasteiger partial charge in [-0.2, -0.15) is 0 Å². The highest BCUT2D eigenvalue weighted by molar-refractivity contribution is 7.26. The molecular formula is C18H21NS2. The molecule has 3 heteroatoms. The third-order valence-electron chi connectivity index (χ3n) is 3.70. The van der Waals surface area contributed by atoms with Gasteiger partial charge >= 0.3 is 0 Å². The maximum Gasteiger partial charge on any atom is 0.0456 e. The summed E-state index contributed by atoms with van der Waals surface area (Å²) in [4.78, 5) is 1.46. The van der Waals surface area contributed by atoms with Crippen molar-refractivity contribution >= 4 is 32.1 Å². The minimum atomic E-state index is 0.428. The first-order valence-electron chi connectivity index (χ1n) is 7.52. The first kappa shape index (κ1) is 14.8.